The molecule has 0 N–H and O–H groups in total. The van der Waals surface area contributed by atoms with Crippen LogP contribution < -0.4 is 20.7 Å². The van der Waals surface area contributed by atoms with Crippen LogP contribution in [-0.2, 0) is 18.8 Å². The molecule has 0 aliphatic heterocycles. The predicted octanol–water partition coefficient (Wildman–Crippen LogP) is 7.56. The number of halogens is 6. The van der Waals surface area contributed by atoms with Crippen LogP contribution in [0.15, 0.2) is 72.8 Å². The van der Waals surface area contributed by atoms with Crippen molar-refractivity contribution in [1.82, 2.24) is 0 Å². The van der Waals surface area contributed by atoms with Crippen molar-refractivity contribution < 1.29 is 26.3 Å². The van der Waals surface area contributed by atoms with E-state index >= 15 is 0 Å². The first-order valence-corrected chi connectivity index (χ1v) is 19.5. The minimum absolute atomic E-state index is 0.612. The summed E-state index contributed by atoms with van der Waals surface area (Å²) >= 11 is 0. The second-order valence-electron chi connectivity index (χ2n) is 12.3. The quantitative estimate of drug-likeness (QED) is 0.148. The van der Waals surface area contributed by atoms with Crippen LogP contribution in [0.2, 0.25) is 26.2 Å². The van der Waals surface area contributed by atoms with E-state index in [-0.39, 0.29) is 0 Å². The molecule has 1 aliphatic carbocycles. The number of rotatable bonds is 4. The number of aryl methyl sites for hydroxylation is 2. The van der Waals surface area contributed by atoms with Gasteiger partial charge in [-0.05, 0) is 42.5 Å². The van der Waals surface area contributed by atoms with Crippen LogP contribution in [0, 0.1) is 13.8 Å². The zero-order valence-electron chi connectivity index (χ0n) is 23.9. The fourth-order valence-corrected chi connectivity index (χ4v) is 12.1. The summed E-state index contributed by atoms with van der Waals surface area (Å²) < 4.78 is 81.6. The van der Waals surface area contributed by atoms with Gasteiger partial charge in [-0.15, -0.1) is 0 Å². The monoisotopic (exact) mass is 598 g/mol. The third-order valence-electron chi connectivity index (χ3n) is 8.60. The lowest BCUT2D eigenvalue weighted by atomic mass is 10.0. The molecule has 0 atom stereocenters. The highest BCUT2D eigenvalue weighted by Crippen LogP contribution is 2.38. The van der Waals surface area contributed by atoms with E-state index in [1.807, 2.05) is 13.8 Å². The van der Waals surface area contributed by atoms with Crippen LogP contribution in [-0.4, -0.2) is 16.1 Å². The highest BCUT2D eigenvalue weighted by Gasteiger charge is 2.39. The van der Waals surface area contributed by atoms with Gasteiger partial charge in [0.25, 0.3) is 0 Å². The molecule has 0 spiro atoms. The number of hydrogen-bond acceptors (Lipinski definition) is 0. The largest absolute Gasteiger partial charge is 0.416 e. The fourth-order valence-electron chi connectivity index (χ4n) is 6.27. The van der Waals surface area contributed by atoms with Gasteiger partial charge in [-0.2, -0.15) is 26.3 Å². The molecule has 0 saturated carbocycles. The van der Waals surface area contributed by atoms with Gasteiger partial charge in [0.15, 0.2) is 0 Å². The van der Waals surface area contributed by atoms with E-state index in [0.29, 0.717) is 16.8 Å². The molecule has 214 valence electrons. The van der Waals surface area contributed by atoms with Gasteiger partial charge in [-0.3, -0.25) is 0 Å². The van der Waals surface area contributed by atoms with E-state index in [2.05, 4.69) is 50.5 Å². The lowest BCUT2D eigenvalue weighted by molar-refractivity contribution is -0.138. The molecule has 41 heavy (non-hydrogen) atoms. The Kier molecular flexibility index (Phi) is 6.97. The zero-order valence-corrected chi connectivity index (χ0v) is 25.9. The summed E-state index contributed by atoms with van der Waals surface area (Å²) in [6.07, 6.45) is -8.23. The SMILES string of the molecule is Cc1cc2c(c([Si](C)(C)c3cccc(C(F)(F)F)c3)c1)Cc1c-2cc(C)cc1[Si](C)(C)c1cccc(C(F)(F)F)c1. The van der Waals surface area contributed by atoms with Crippen molar-refractivity contribution in [3.8, 4) is 11.1 Å². The smallest absolute Gasteiger partial charge is 0.166 e. The van der Waals surface area contributed by atoms with Crippen LogP contribution in [0.25, 0.3) is 11.1 Å². The van der Waals surface area contributed by atoms with Crippen molar-refractivity contribution in [2.75, 3.05) is 0 Å². The highest BCUT2D eigenvalue weighted by atomic mass is 28.3. The van der Waals surface area contributed by atoms with E-state index in [4.69, 9.17) is 0 Å². The van der Waals surface area contributed by atoms with E-state index in [9.17, 15) is 26.3 Å². The minimum Gasteiger partial charge on any atom is -0.166 e. The number of fused-ring (bicyclic) bond motifs is 3. The molecule has 5 rings (SSSR count). The summed E-state index contributed by atoms with van der Waals surface area (Å²) in [5, 5.41) is 3.63. The van der Waals surface area contributed by atoms with Crippen LogP contribution in [0.4, 0.5) is 26.3 Å². The van der Waals surface area contributed by atoms with Gasteiger partial charge in [-0.1, -0.05) is 131 Å². The maximum absolute atomic E-state index is 13.6. The standard InChI is InChI=1S/C33H32F6Si2/c1-20-13-26-27-14-21(2)16-31(41(5,6)25-12-8-10-23(18-25)33(37,38)39)29(27)19-28(26)30(15-20)40(3,4)24-11-7-9-22(17-24)32(34,35)36/h7-18H,19H2,1-6H3. The maximum Gasteiger partial charge on any atom is 0.416 e. The molecule has 0 heterocycles. The molecule has 0 aromatic heterocycles. The van der Waals surface area contributed by atoms with Gasteiger partial charge in [-0.25, -0.2) is 0 Å². The number of hydrogen-bond donors (Lipinski definition) is 0. The Morgan fingerprint density at radius 2 is 0.902 bits per heavy atom. The Hall–Kier alpha value is -3.11. The second-order valence-corrected chi connectivity index (χ2v) is 21.0. The Morgan fingerprint density at radius 3 is 1.24 bits per heavy atom. The lowest BCUT2D eigenvalue weighted by Crippen LogP contribution is -2.55. The van der Waals surface area contributed by atoms with Gasteiger partial charge in [0.05, 0.1) is 11.1 Å². The first-order valence-electron chi connectivity index (χ1n) is 13.5. The van der Waals surface area contributed by atoms with Crippen LogP contribution in [0.5, 0.6) is 0 Å². The van der Waals surface area contributed by atoms with Crippen molar-refractivity contribution in [1.29, 1.82) is 0 Å². The van der Waals surface area contributed by atoms with Crippen LogP contribution in [0.1, 0.15) is 33.4 Å². The first-order chi connectivity index (χ1) is 18.9. The molecule has 0 amide bonds. The van der Waals surface area contributed by atoms with E-state index in [1.165, 1.54) is 24.3 Å². The molecule has 0 nitrogen and oxygen atoms in total. The molecular weight excluding hydrogens is 567 g/mol. The number of alkyl halides is 6. The average molecular weight is 599 g/mol. The summed E-state index contributed by atoms with van der Waals surface area (Å²) in [5.41, 5.74) is 5.21. The van der Waals surface area contributed by atoms with Gasteiger partial charge < -0.3 is 0 Å². The van der Waals surface area contributed by atoms with Gasteiger partial charge >= 0.3 is 12.4 Å². The Balaban J connectivity index is 1.67. The van der Waals surface area contributed by atoms with Crippen molar-refractivity contribution >= 4 is 36.9 Å². The summed E-state index contributed by atoms with van der Waals surface area (Å²) in [5.74, 6) is 0. The normalized spacial score (nSPS) is 13.8. The van der Waals surface area contributed by atoms with Crippen molar-refractivity contribution in [2.45, 2.75) is 58.8 Å². The average Bonchev–Trinajstić information content (AvgIpc) is 3.24. The summed E-state index contributed by atoms with van der Waals surface area (Å²) in [4.78, 5) is 0. The summed E-state index contributed by atoms with van der Waals surface area (Å²) in [6, 6.07) is 19.9. The minimum atomic E-state index is -4.42. The topological polar surface area (TPSA) is 0 Å². The molecule has 8 heteroatoms. The van der Waals surface area contributed by atoms with Gasteiger partial charge in [0.2, 0.25) is 0 Å². The molecule has 0 saturated heterocycles. The molecule has 0 unspecified atom stereocenters. The molecule has 4 aromatic carbocycles. The highest BCUT2D eigenvalue weighted by molar-refractivity contribution is 7.01. The van der Waals surface area contributed by atoms with E-state index in [0.717, 1.165) is 55.9 Å². The van der Waals surface area contributed by atoms with Crippen molar-refractivity contribution in [2.24, 2.45) is 0 Å². The fraction of sp³-hybridized carbons (Fsp3) is 0.273. The summed E-state index contributed by atoms with van der Waals surface area (Å²) in [7, 11) is -5.15. The Bertz CT molecular complexity index is 1540. The molecule has 0 fully saturated rings. The first kappa shape index (κ1) is 29.4. The van der Waals surface area contributed by atoms with Crippen LogP contribution in [0.3, 0.4) is 0 Å². The second kappa shape index (κ2) is 9.73. The number of benzene rings is 4. The molecule has 1 aliphatic rings. The molecule has 0 bridgehead atoms. The third-order valence-corrected chi connectivity index (χ3v) is 15.7. The van der Waals surface area contributed by atoms with Gasteiger partial charge in [0.1, 0.15) is 16.1 Å². The molecule has 0 radical (unpaired) electrons. The van der Waals surface area contributed by atoms with E-state index in [1.54, 1.807) is 12.1 Å². The molecular formula is C33H32F6Si2. The Labute approximate surface area is 239 Å². The van der Waals surface area contributed by atoms with Crippen molar-refractivity contribution in [3.63, 3.8) is 0 Å². The third kappa shape index (κ3) is 5.21. The van der Waals surface area contributed by atoms with Gasteiger partial charge in [0, 0.05) is 0 Å². The zero-order chi connectivity index (χ0) is 30.1. The predicted molar refractivity (Wildman–Crippen MR) is 161 cm³/mol. The molecule has 4 aromatic rings. The van der Waals surface area contributed by atoms with Crippen LogP contribution >= 0.6 is 0 Å². The van der Waals surface area contributed by atoms with Crippen molar-refractivity contribution in [3.05, 3.63) is 106 Å². The summed E-state index contributed by atoms with van der Waals surface area (Å²) in [6.45, 7) is 12.4. The maximum atomic E-state index is 13.6. The van der Waals surface area contributed by atoms with E-state index < -0.39 is 39.6 Å². The lowest BCUT2D eigenvalue weighted by Gasteiger charge is -2.28. The Morgan fingerprint density at radius 1 is 0.537 bits per heavy atom.